The van der Waals surface area contributed by atoms with Crippen LogP contribution < -0.4 is 10.5 Å². The van der Waals surface area contributed by atoms with Crippen molar-refractivity contribution in [1.82, 2.24) is 4.90 Å². The molecular weight excluding hydrogens is 248 g/mol. The Morgan fingerprint density at radius 3 is 2.47 bits per heavy atom. The monoisotopic (exact) mass is 266 g/mol. The predicted octanol–water partition coefficient (Wildman–Crippen LogP) is 1.21. The number of carbonyl (C=O) groups is 2. The number of hydrogen-bond acceptors (Lipinski definition) is 4. The molecule has 0 atom stereocenters. The van der Waals surface area contributed by atoms with E-state index in [0.29, 0.717) is 18.8 Å². The lowest BCUT2D eigenvalue weighted by Gasteiger charge is -2.19. The van der Waals surface area contributed by atoms with Crippen LogP contribution in [0.15, 0.2) is 18.2 Å². The molecule has 1 rings (SSSR count). The second-order valence-electron chi connectivity index (χ2n) is 3.92. The molecule has 1 amide bonds. The summed E-state index contributed by atoms with van der Waals surface area (Å²) in [7, 11) is 0. The lowest BCUT2D eigenvalue weighted by atomic mass is 10.2. The Balaban J connectivity index is 2.79. The predicted molar refractivity (Wildman–Crippen MR) is 71.2 cm³/mol. The minimum absolute atomic E-state index is 0.0125. The molecule has 0 aliphatic heterocycles. The molecule has 3 N–H and O–H groups in total. The van der Waals surface area contributed by atoms with Crippen molar-refractivity contribution in [3.63, 3.8) is 0 Å². The zero-order valence-electron chi connectivity index (χ0n) is 11.0. The van der Waals surface area contributed by atoms with Crippen LogP contribution in [0.1, 0.15) is 24.2 Å². The number of nitrogens with two attached hydrogens (primary N) is 1. The molecule has 0 fully saturated rings. The Kier molecular flexibility index (Phi) is 5.17. The van der Waals surface area contributed by atoms with Crippen molar-refractivity contribution in [3.8, 4) is 5.75 Å². The first-order valence-corrected chi connectivity index (χ1v) is 6.03. The summed E-state index contributed by atoms with van der Waals surface area (Å²) in [6.07, 6.45) is 0. The van der Waals surface area contributed by atoms with Crippen LogP contribution >= 0.6 is 0 Å². The summed E-state index contributed by atoms with van der Waals surface area (Å²) in [5.41, 5.74) is 5.95. The number of nitrogen functional groups attached to an aromatic ring is 1. The number of aromatic carboxylic acids is 1. The SMILES string of the molecule is CCN(CC)C(=O)COc1cc(N)ccc1C(=O)O. The molecular formula is C13H18N2O4. The largest absolute Gasteiger partial charge is 0.483 e. The van der Waals surface area contributed by atoms with E-state index in [1.807, 2.05) is 13.8 Å². The zero-order valence-corrected chi connectivity index (χ0v) is 11.0. The highest BCUT2D eigenvalue weighted by atomic mass is 16.5. The zero-order chi connectivity index (χ0) is 14.4. The molecule has 0 spiro atoms. The van der Waals surface area contributed by atoms with E-state index in [2.05, 4.69) is 0 Å². The molecule has 0 aliphatic carbocycles. The minimum atomic E-state index is -1.12. The van der Waals surface area contributed by atoms with Gasteiger partial charge in [-0.2, -0.15) is 0 Å². The quantitative estimate of drug-likeness (QED) is 0.755. The van der Waals surface area contributed by atoms with Crippen LogP contribution in [0, 0.1) is 0 Å². The molecule has 19 heavy (non-hydrogen) atoms. The number of ether oxygens (including phenoxy) is 1. The van der Waals surface area contributed by atoms with Gasteiger partial charge in [-0.15, -0.1) is 0 Å². The molecule has 1 aromatic carbocycles. The van der Waals surface area contributed by atoms with Gasteiger partial charge < -0.3 is 20.5 Å². The van der Waals surface area contributed by atoms with Crippen LogP contribution in [0.4, 0.5) is 5.69 Å². The van der Waals surface area contributed by atoms with Crippen molar-refractivity contribution in [2.45, 2.75) is 13.8 Å². The van der Waals surface area contributed by atoms with Crippen molar-refractivity contribution in [1.29, 1.82) is 0 Å². The fourth-order valence-electron chi connectivity index (χ4n) is 1.64. The van der Waals surface area contributed by atoms with Gasteiger partial charge in [-0.25, -0.2) is 4.79 Å². The standard InChI is InChI=1S/C13H18N2O4/c1-3-15(4-2)12(16)8-19-11-7-9(14)5-6-10(11)13(17)18/h5-7H,3-4,8,14H2,1-2H3,(H,17,18). The number of benzene rings is 1. The number of carboxylic acids is 1. The normalized spacial score (nSPS) is 10.0. The fraction of sp³-hybridized carbons (Fsp3) is 0.385. The third-order valence-electron chi connectivity index (χ3n) is 2.70. The van der Waals surface area contributed by atoms with Crippen LogP contribution in [0.25, 0.3) is 0 Å². The summed E-state index contributed by atoms with van der Waals surface area (Å²) in [6, 6.07) is 4.23. The molecule has 0 radical (unpaired) electrons. The molecule has 6 heteroatoms. The average molecular weight is 266 g/mol. The lowest BCUT2D eigenvalue weighted by molar-refractivity contribution is -0.132. The third kappa shape index (κ3) is 3.87. The van der Waals surface area contributed by atoms with Crippen molar-refractivity contribution in [3.05, 3.63) is 23.8 Å². The van der Waals surface area contributed by atoms with Crippen LogP contribution in [-0.2, 0) is 4.79 Å². The molecule has 0 bridgehead atoms. The first-order valence-electron chi connectivity index (χ1n) is 6.03. The van der Waals surface area contributed by atoms with Gasteiger partial charge in [0.15, 0.2) is 6.61 Å². The fourth-order valence-corrected chi connectivity index (χ4v) is 1.64. The summed E-state index contributed by atoms with van der Waals surface area (Å²) in [5, 5.41) is 9.01. The van der Waals surface area contributed by atoms with Crippen LogP contribution in [-0.4, -0.2) is 41.6 Å². The van der Waals surface area contributed by atoms with Gasteiger partial charge in [0.25, 0.3) is 5.91 Å². The third-order valence-corrected chi connectivity index (χ3v) is 2.70. The Labute approximate surface area is 111 Å². The number of anilines is 1. The number of nitrogens with zero attached hydrogens (tertiary/aromatic N) is 1. The number of likely N-dealkylation sites (N-methyl/N-ethyl adjacent to an activating group) is 1. The highest BCUT2D eigenvalue weighted by molar-refractivity contribution is 5.91. The van der Waals surface area contributed by atoms with E-state index in [-0.39, 0.29) is 23.8 Å². The average Bonchev–Trinajstić information content (AvgIpc) is 2.37. The number of hydrogen-bond donors (Lipinski definition) is 2. The maximum atomic E-state index is 11.8. The second-order valence-corrected chi connectivity index (χ2v) is 3.92. The molecule has 1 aromatic rings. The molecule has 0 heterocycles. The number of rotatable bonds is 6. The molecule has 6 nitrogen and oxygen atoms in total. The number of carbonyl (C=O) groups excluding carboxylic acids is 1. The molecule has 0 unspecified atom stereocenters. The number of amides is 1. The van der Waals surface area contributed by atoms with Gasteiger partial charge in [0, 0.05) is 24.8 Å². The van der Waals surface area contributed by atoms with Gasteiger partial charge in [0.1, 0.15) is 11.3 Å². The lowest BCUT2D eigenvalue weighted by Crippen LogP contribution is -2.34. The summed E-state index contributed by atoms with van der Waals surface area (Å²) in [4.78, 5) is 24.4. The molecule has 0 aromatic heterocycles. The maximum absolute atomic E-state index is 11.8. The first kappa shape index (κ1) is 14.8. The highest BCUT2D eigenvalue weighted by Gasteiger charge is 2.15. The van der Waals surface area contributed by atoms with E-state index in [9.17, 15) is 9.59 Å². The van der Waals surface area contributed by atoms with Crippen LogP contribution in [0.5, 0.6) is 5.75 Å². The van der Waals surface area contributed by atoms with Crippen molar-refractivity contribution in [2.75, 3.05) is 25.4 Å². The Hall–Kier alpha value is -2.24. The molecule has 0 aliphatic rings. The van der Waals surface area contributed by atoms with E-state index in [1.165, 1.54) is 18.2 Å². The smallest absolute Gasteiger partial charge is 0.339 e. The Morgan fingerprint density at radius 2 is 1.95 bits per heavy atom. The maximum Gasteiger partial charge on any atom is 0.339 e. The van der Waals surface area contributed by atoms with E-state index in [4.69, 9.17) is 15.6 Å². The Bertz CT molecular complexity index is 470. The van der Waals surface area contributed by atoms with Gasteiger partial charge >= 0.3 is 5.97 Å². The highest BCUT2D eigenvalue weighted by Crippen LogP contribution is 2.21. The van der Waals surface area contributed by atoms with Crippen molar-refractivity contribution < 1.29 is 19.4 Å². The second kappa shape index (κ2) is 6.63. The van der Waals surface area contributed by atoms with Gasteiger partial charge in [0.2, 0.25) is 0 Å². The van der Waals surface area contributed by atoms with E-state index in [1.54, 1.807) is 4.90 Å². The molecule has 0 saturated carbocycles. The van der Waals surface area contributed by atoms with Gasteiger partial charge in [-0.1, -0.05) is 0 Å². The molecule has 0 saturated heterocycles. The number of carboxylic acid groups (broad SMARTS) is 1. The van der Waals surface area contributed by atoms with E-state index >= 15 is 0 Å². The summed E-state index contributed by atoms with van der Waals surface area (Å²) in [5.74, 6) is -1.21. The van der Waals surface area contributed by atoms with Gasteiger partial charge in [0.05, 0.1) is 0 Å². The minimum Gasteiger partial charge on any atom is -0.483 e. The summed E-state index contributed by atoms with van der Waals surface area (Å²) in [6.45, 7) is 4.70. The van der Waals surface area contributed by atoms with Crippen molar-refractivity contribution in [2.24, 2.45) is 0 Å². The van der Waals surface area contributed by atoms with Gasteiger partial charge in [-0.05, 0) is 26.0 Å². The topological polar surface area (TPSA) is 92.9 Å². The van der Waals surface area contributed by atoms with Gasteiger partial charge in [-0.3, -0.25) is 4.79 Å². The molecule has 104 valence electrons. The van der Waals surface area contributed by atoms with E-state index in [0.717, 1.165) is 0 Å². The summed E-state index contributed by atoms with van der Waals surface area (Å²) >= 11 is 0. The summed E-state index contributed by atoms with van der Waals surface area (Å²) < 4.78 is 5.27. The van der Waals surface area contributed by atoms with E-state index < -0.39 is 5.97 Å². The van der Waals surface area contributed by atoms with Crippen molar-refractivity contribution >= 4 is 17.6 Å². The Morgan fingerprint density at radius 1 is 1.32 bits per heavy atom. The first-order chi connectivity index (χ1) is 8.99. The van der Waals surface area contributed by atoms with Crippen LogP contribution in [0.2, 0.25) is 0 Å². The van der Waals surface area contributed by atoms with Crippen LogP contribution in [0.3, 0.4) is 0 Å².